The Morgan fingerprint density at radius 1 is 0.943 bits per heavy atom. The molecular formula is C26H28BrN3O4S. The number of anilines is 2. The number of nitrogens with one attached hydrogen (secondary N) is 2. The predicted molar refractivity (Wildman–Crippen MR) is 142 cm³/mol. The lowest BCUT2D eigenvalue weighted by Crippen LogP contribution is -2.38. The predicted octanol–water partition coefficient (Wildman–Crippen LogP) is 5.12. The smallest absolute Gasteiger partial charge is 0.264 e. The van der Waals surface area contributed by atoms with Crippen LogP contribution in [0.2, 0.25) is 0 Å². The Labute approximate surface area is 214 Å². The van der Waals surface area contributed by atoms with Gasteiger partial charge in [-0.2, -0.15) is 0 Å². The summed E-state index contributed by atoms with van der Waals surface area (Å²) in [5, 5.41) is 5.55. The molecule has 0 fully saturated rings. The van der Waals surface area contributed by atoms with Crippen molar-refractivity contribution in [2.75, 3.05) is 22.7 Å². The van der Waals surface area contributed by atoms with E-state index in [-0.39, 0.29) is 10.8 Å². The van der Waals surface area contributed by atoms with Gasteiger partial charge in [-0.1, -0.05) is 59.1 Å². The minimum absolute atomic E-state index is 0.0783. The summed E-state index contributed by atoms with van der Waals surface area (Å²) in [5.74, 6) is -0.871. The van der Waals surface area contributed by atoms with Crippen molar-refractivity contribution in [2.45, 2.75) is 31.6 Å². The van der Waals surface area contributed by atoms with Crippen molar-refractivity contribution < 1.29 is 18.0 Å². The molecule has 0 bridgehead atoms. The van der Waals surface area contributed by atoms with Gasteiger partial charge in [-0.15, -0.1) is 0 Å². The summed E-state index contributed by atoms with van der Waals surface area (Å²) >= 11 is 3.35. The first-order chi connectivity index (χ1) is 16.7. The third kappa shape index (κ3) is 6.93. The molecule has 2 amide bonds. The van der Waals surface area contributed by atoms with Crippen molar-refractivity contribution in [3.63, 3.8) is 0 Å². The molecule has 0 aromatic heterocycles. The second kappa shape index (κ2) is 12.0. The SMILES string of the molecule is CCCCNC(=O)c1ccccc1NC(=O)CN(c1ccc(Br)cc1)S(=O)(=O)c1ccc(C)cc1. The van der Waals surface area contributed by atoms with Crippen molar-refractivity contribution in [1.82, 2.24) is 5.32 Å². The van der Waals surface area contributed by atoms with Crippen LogP contribution in [-0.2, 0) is 14.8 Å². The normalized spacial score (nSPS) is 11.1. The van der Waals surface area contributed by atoms with Gasteiger partial charge in [0.25, 0.3) is 15.9 Å². The first-order valence-electron chi connectivity index (χ1n) is 11.2. The van der Waals surface area contributed by atoms with Crippen LogP contribution in [0.5, 0.6) is 0 Å². The molecule has 9 heteroatoms. The molecule has 7 nitrogen and oxygen atoms in total. The van der Waals surface area contributed by atoms with Crippen molar-refractivity contribution >= 4 is 49.1 Å². The average Bonchev–Trinajstić information content (AvgIpc) is 2.84. The summed E-state index contributed by atoms with van der Waals surface area (Å²) in [7, 11) is -4.03. The van der Waals surface area contributed by atoms with E-state index in [0.29, 0.717) is 23.5 Å². The molecule has 0 saturated heterocycles. The van der Waals surface area contributed by atoms with E-state index in [0.717, 1.165) is 27.2 Å². The third-order valence-electron chi connectivity index (χ3n) is 5.27. The standard InChI is InChI=1S/C26H28BrN3O4S/c1-3-4-17-28-26(32)23-7-5-6-8-24(23)29-25(31)18-30(21-13-11-20(27)12-14-21)35(33,34)22-15-9-19(2)10-16-22/h5-16H,3-4,17-18H2,1-2H3,(H,28,32)(H,29,31). The first kappa shape index (κ1) is 26.4. The molecule has 35 heavy (non-hydrogen) atoms. The van der Waals surface area contributed by atoms with E-state index in [1.165, 1.54) is 12.1 Å². The molecule has 0 atom stereocenters. The number of sulfonamides is 1. The highest BCUT2D eigenvalue weighted by Crippen LogP contribution is 2.26. The largest absolute Gasteiger partial charge is 0.352 e. The quantitative estimate of drug-likeness (QED) is 0.338. The molecule has 3 aromatic rings. The topological polar surface area (TPSA) is 95.6 Å². The minimum Gasteiger partial charge on any atom is -0.352 e. The molecule has 3 aromatic carbocycles. The van der Waals surface area contributed by atoms with Gasteiger partial charge < -0.3 is 10.6 Å². The number of carbonyl (C=O) groups excluding carboxylic acids is 2. The molecule has 0 radical (unpaired) electrons. The molecule has 0 heterocycles. The number of amides is 2. The Kier molecular flexibility index (Phi) is 9.06. The van der Waals surface area contributed by atoms with E-state index in [4.69, 9.17) is 0 Å². The maximum absolute atomic E-state index is 13.5. The van der Waals surface area contributed by atoms with E-state index < -0.39 is 22.5 Å². The van der Waals surface area contributed by atoms with Crippen molar-refractivity contribution in [3.8, 4) is 0 Å². The summed E-state index contributed by atoms with van der Waals surface area (Å²) in [4.78, 5) is 25.7. The molecule has 2 N–H and O–H groups in total. The number of benzene rings is 3. The number of para-hydroxylation sites is 1. The van der Waals surface area contributed by atoms with Gasteiger partial charge in [0.05, 0.1) is 21.8 Å². The number of rotatable bonds is 10. The van der Waals surface area contributed by atoms with Crippen molar-refractivity contribution in [3.05, 3.63) is 88.4 Å². The Hall–Kier alpha value is -3.17. The molecular weight excluding hydrogens is 530 g/mol. The van der Waals surface area contributed by atoms with Crippen LogP contribution < -0.4 is 14.9 Å². The Balaban J connectivity index is 1.88. The third-order valence-corrected chi connectivity index (χ3v) is 7.59. The van der Waals surface area contributed by atoms with Crippen LogP contribution in [-0.4, -0.2) is 33.3 Å². The number of nitrogens with zero attached hydrogens (tertiary/aromatic N) is 1. The first-order valence-corrected chi connectivity index (χ1v) is 13.5. The van der Waals surface area contributed by atoms with E-state index in [9.17, 15) is 18.0 Å². The summed E-state index contributed by atoms with van der Waals surface area (Å²) in [6.45, 7) is 3.96. The number of unbranched alkanes of at least 4 members (excludes halogenated alkanes) is 1. The molecule has 0 unspecified atom stereocenters. The van der Waals surface area contributed by atoms with E-state index >= 15 is 0 Å². The van der Waals surface area contributed by atoms with Crippen molar-refractivity contribution in [2.24, 2.45) is 0 Å². The second-order valence-electron chi connectivity index (χ2n) is 8.00. The monoisotopic (exact) mass is 557 g/mol. The van der Waals surface area contributed by atoms with Crippen LogP contribution in [0.4, 0.5) is 11.4 Å². The highest BCUT2D eigenvalue weighted by molar-refractivity contribution is 9.10. The Bertz CT molecular complexity index is 1280. The van der Waals surface area contributed by atoms with Gasteiger partial charge in [0.2, 0.25) is 5.91 Å². The lowest BCUT2D eigenvalue weighted by Gasteiger charge is -2.24. The molecule has 184 valence electrons. The molecule has 0 aliphatic rings. The highest BCUT2D eigenvalue weighted by Gasteiger charge is 2.27. The van der Waals surface area contributed by atoms with Crippen LogP contribution in [0.1, 0.15) is 35.7 Å². The van der Waals surface area contributed by atoms with Gasteiger partial charge in [-0.25, -0.2) is 8.42 Å². The zero-order chi connectivity index (χ0) is 25.4. The molecule has 0 saturated carbocycles. The molecule has 0 spiro atoms. The Morgan fingerprint density at radius 3 is 2.26 bits per heavy atom. The van der Waals surface area contributed by atoms with Crippen LogP contribution in [0.25, 0.3) is 0 Å². The van der Waals surface area contributed by atoms with Crippen LogP contribution >= 0.6 is 15.9 Å². The van der Waals surface area contributed by atoms with Crippen LogP contribution in [0.3, 0.4) is 0 Å². The van der Waals surface area contributed by atoms with Gasteiger partial charge in [0.1, 0.15) is 6.54 Å². The number of carbonyl (C=O) groups is 2. The number of hydrogen-bond acceptors (Lipinski definition) is 4. The van der Waals surface area contributed by atoms with Gasteiger partial charge in [-0.3, -0.25) is 13.9 Å². The lowest BCUT2D eigenvalue weighted by molar-refractivity contribution is -0.114. The molecule has 0 aliphatic carbocycles. The van der Waals surface area contributed by atoms with Gasteiger partial charge in [0.15, 0.2) is 0 Å². The highest BCUT2D eigenvalue weighted by atomic mass is 79.9. The van der Waals surface area contributed by atoms with Crippen LogP contribution in [0, 0.1) is 6.92 Å². The average molecular weight is 558 g/mol. The molecule has 3 rings (SSSR count). The maximum Gasteiger partial charge on any atom is 0.264 e. The van der Waals surface area contributed by atoms with E-state index in [1.807, 2.05) is 13.8 Å². The van der Waals surface area contributed by atoms with Gasteiger partial charge in [-0.05, 0) is 61.9 Å². The fourth-order valence-electron chi connectivity index (χ4n) is 3.34. The minimum atomic E-state index is -4.03. The number of hydrogen-bond donors (Lipinski definition) is 2. The summed E-state index contributed by atoms with van der Waals surface area (Å²) in [6, 6.07) is 19.8. The summed E-state index contributed by atoms with van der Waals surface area (Å²) in [6.07, 6.45) is 1.79. The summed E-state index contributed by atoms with van der Waals surface area (Å²) < 4.78 is 28.9. The van der Waals surface area contributed by atoms with E-state index in [2.05, 4.69) is 26.6 Å². The zero-order valence-electron chi connectivity index (χ0n) is 19.6. The van der Waals surface area contributed by atoms with Gasteiger partial charge in [0, 0.05) is 11.0 Å². The van der Waals surface area contributed by atoms with Gasteiger partial charge >= 0.3 is 0 Å². The fourth-order valence-corrected chi connectivity index (χ4v) is 5.03. The maximum atomic E-state index is 13.5. The number of halogens is 1. The summed E-state index contributed by atoms with van der Waals surface area (Å²) in [5.41, 5.74) is 1.89. The van der Waals surface area contributed by atoms with Crippen molar-refractivity contribution in [1.29, 1.82) is 0 Å². The second-order valence-corrected chi connectivity index (χ2v) is 10.8. The number of aryl methyl sites for hydroxylation is 1. The van der Waals surface area contributed by atoms with Crippen LogP contribution in [0.15, 0.2) is 82.2 Å². The van der Waals surface area contributed by atoms with E-state index in [1.54, 1.807) is 60.7 Å². The fraction of sp³-hybridized carbons (Fsp3) is 0.231. The Morgan fingerprint density at radius 2 is 1.60 bits per heavy atom. The zero-order valence-corrected chi connectivity index (χ0v) is 22.0. The lowest BCUT2D eigenvalue weighted by atomic mass is 10.1. The molecule has 0 aliphatic heterocycles.